The summed E-state index contributed by atoms with van der Waals surface area (Å²) in [7, 11) is 0. The third-order valence-electron chi connectivity index (χ3n) is 2.22. The van der Waals surface area contributed by atoms with Gasteiger partial charge in [-0.15, -0.1) is 11.3 Å². The molecule has 2 heterocycles. The van der Waals surface area contributed by atoms with Gasteiger partial charge in [0, 0.05) is 17.6 Å². The van der Waals surface area contributed by atoms with E-state index in [1.807, 2.05) is 6.20 Å². The van der Waals surface area contributed by atoms with Crippen LogP contribution in [0, 0.1) is 6.92 Å². The molecule has 1 fully saturated rings. The van der Waals surface area contributed by atoms with Crippen LogP contribution in [0.15, 0.2) is 6.20 Å². The smallest absolute Gasteiger partial charge is 0.185 e. The van der Waals surface area contributed by atoms with E-state index in [4.69, 9.17) is 4.74 Å². The predicted octanol–water partition coefficient (Wildman–Crippen LogP) is 1.68. The zero-order chi connectivity index (χ0) is 9.26. The monoisotopic (exact) mass is 198 g/mol. The van der Waals surface area contributed by atoms with Crippen LogP contribution in [0.2, 0.25) is 0 Å². The molecule has 1 aromatic rings. The zero-order valence-corrected chi connectivity index (χ0v) is 8.80. The lowest BCUT2D eigenvalue weighted by molar-refractivity contribution is 0.0989. The van der Waals surface area contributed by atoms with E-state index in [2.05, 4.69) is 23.7 Å². The lowest BCUT2D eigenvalue weighted by Crippen LogP contribution is -2.43. The highest BCUT2D eigenvalue weighted by molar-refractivity contribution is 7.15. The molecule has 0 amide bonds. The summed E-state index contributed by atoms with van der Waals surface area (Å²) in [6, 6.07) is 0.458. The van der Waals surface area contributed by atoms with Crippen LogP contribution in [-0.2, 0) is 4.74 Å². The number of aryl methyl sites for hydroxylation is 1. The van der Waals surface area contributed by atoms with Crippen molar-refractivity contribution >= 4 is 16.5 Å². The van der Waals surface area contributed by atoms with Gasteiger partial charge < -0.3 is 9.64 Å². The fraction of sp³-hybridized carbons (Fsp3) is 0.667. The average Bonchev–Trinajstić information content (AvgIpc) is 2.53. The number of aromatic nitrogens is 1. The topological polar surface area (TPSA) is 25.4 Å². The summed E-state index contributed by atoms with van der Waals surface area (Å²) < 4.78 is 5.38. The molecular weight excluding hydrogens is 184 g/mol. The Kier molecular flexibility index (Phi) is 2.51. The van der Waals surface area contributed by atoms with E-state index in [9.17, 15) is 0 Å². The SMILES string of the molecule is Cc1cnc(N2CCOCC2C)s1. The summed E-state index contributed by atoms with van der Waals surface area (Å²) >= 11 is 1.76. The van der Waals surface area contributed by atoms with Crippen molar-refractivity contribution in [1.29, 1.82) is 0 Å². The van der Waals surface area contributed by atoms with Crippen LogP contribution < -0.4 is 4.90 Å². The Bertz CT molecular complexity index is 287. The van der Waals surface area contributed by atoms with Crippen LogP contribution in [0.5, 0.6) is 0 Å². The maximum Gasteiger partial charge on any atom is 0.185 e. The number of nitrogens with zero attached hydrogens (tertiary/aromatic N) is 2. The van der Waals surface area contributed by atoms with Crippen LogP contribution >= 0.6 is 11.3 Å². The Balaban J connectivity index is 2.14. The van der Waals surface area contributed by atoms with Crippen molar-refractivity contribution in [2.75, 3.05) is 24.7 Å². The van der Waals surface area contributed by atoms with Crippen molar-refractivity contribution in [2.45, 2.75) is 19.9 Å². The maximum atomic E-state index is 5.38. The molecule has 4 heteroatoms. The van der Waals surface area contributed by atoms with Crippen LogP contribution in [0.3, 0.4) is 0 Å². The Hall–Kier alpha value is -0.610. The molecule has 0 N–H and O–H groups in total. The summed E-state index contributed by atoms with van der Waals surface area (Å²) in [4.78, 5) is 7.97. The van der Waals surface area contributed by atoms with Crippen LogP contribution in [0.4, 0.5) is 5.13 Å². The van der Waals surface area contributed by atoms with Crippen LogP contribution in [0.1, 0.15) is 11.8 Å². The number of hydrogen-bond acceptors (Lipinski definition) is 4. The fourth-order valence-electron chi connectivity index (χ4n) is 1.49. The summed E-state index contributed by atoms with van der Waals surface area (Å²) in [6.45, 7) is 6.87. The molecule has 1 unspecified atom stereocenters. The van der Waals surface area contributed by atoms with Crippen LogP contribution in [-0.4, -0.2) is 30.8 Å². The minimum atomic E-state index is 0.458. The molecule has 1 aliphatic heterocycles. The lowest BCUT2D eigenvalue weighted by Gasteiger charge is -2.32. The minimum Gasteiger partial charge on any atom is -0.377 e. The van der Waals surface area contributed by atoms with E-state index in [1.165, 1.54) is 4.88 Å². The highest BCUT2D eigenvalue weighted by atomic mass is 32.1. The number of thiazole rings is 1. The quantitative estimate of drug-likeness (QED) is 0.686. The van der Waals surface area contributed by atoms with E-state index in [0.29, 0.717) is 6.04 Å². The molecule has 3 nitrogen and oxygen atoms in total. The Labute approximate surface area is 82.3 Å². The Morgan fingerprint density at radius 3 is 3.15 bits per heavy atom. The van der Waals surface area contributed by atoms with Gasteiger partial charge in [-0.3, -0.25) is 0 Å². The zero-order valence-electron chi connectivity index (χ0n) is 7.99. The summed E-state index contributed by atoms with van der Waals surface area (Å²) in [6.07, 6.45) is 1.93. The molecule has 0 radical (unpaired) electrons. The van der Waals surface area contributed by atoms with Gasteiger partial charge in [0.05, 0.1) is 19.3 Å². The Morgan fingerprint density at radius 1 is 1.69 bits per heavy atom. The van der Waals surface area contributed by atoms with Crippen LogP contribution in [0.25, 0.3) is 0 Å². The number of ether oxygens (including phenoxy) is 1. The Morgan fingerprint density at radius 2 is 2.54 bits per heavy atom. The lowest BCUT2D eigenvalue weighted by atomic mass is 10.3. The van der Waals surface area contributed by atoms with Gasteiger partial charge in [-0.05, 0) is 13.8 Å². The van der Waals surface area contributed by atoms with Crippen molar-refractivity contribution in [3.63, 3.8) is 0 Å². The molecule has 1 aromatic heterocycles. The molecule has 0 spiro atoms. The second-order valence-electron chi connectivity index (χ2n) is 3.37. The maximum absolute atomic E-state index is 5.38. The van der Waals surface area contributed by atoms with Crippen molar-refractivity contribution in [1.82, 2.24) is 4.98 Å². The third-order valence-corrected chi connectivity index (χ3v) is 3.17. The summed E-state index contributed by atoms with van der Waals surface area (Å²) in [5, 5.41) is 1.13. The van der Waals surface area contributed by atoms with E-state index in [-0.39, 0.29) is 0 Å². The average molecular weight is 198 g/mol. The van der Waals surface area contributed by atoms with Gasteiger partial charge in [0.15, 0.2) is 5.13 Å². The number of rotatable bonds is 1. The first kappa shape index (κ1) is 8.97. The van der Waals surface area contributed by atoms with Crippen molar-refractivity contribution in [2.24, 2.45) is 0 Å². The van der Waals surface area contributed by atoms with Gasteiger partial charge >= 0.3 is 0 Å². The van der Waals surface area contributed by atoms with Gasteiger partial charge in [-0.2, -0.15) is 0 Å². The molecular formula is C9H14N2OS. The second-order valence-corrected chi connectivity index (χ2v) is 4.58. The fourth-order valence-corrected chi connectivity index (χ4v) is 2.37. The largest absolute Gasteiger partial charge is 0.377 e. The molecule has 1 saturated heterocycles. The number of anilines is 1. The predicted molar refractivity (Wildman–Crippen MR) is 54.5 cm³/mol. The standard InChI is InChI=1S/C9H14N2OS/c1-7-6-12-4-3-11(7)9-10-5-8(2)13-9/h5,7H,3-4,6H2,1-2H3. The van der Waals surface area contributed by atoms with Crippen molar-refractivity contribution < 1.29 is 4.74 Å². The van der Waals surface area contributed by atoms with Crippen molar-refractivity contribution in [3.8, 4) is 0 Å². The molecule has 13 heavy (non-hydrogen) atoms. The summed E-state index contributed by atoms with van der Waals surface area (Å²) in [5.74, 6) is 0. The van der Waals surface area contributed by atoms with Gasteiger partial charge in [0.25, 0.3) is 0 Å². The van der Waals surface area contributed by atoms with E-state index in [1.54, 1.807) is 11.3 Å². The first-order chi connectivity index (χ1) is 6.27. The van der Waals surface area contributed by atoms with Gasteiger partial charge in [0.1, 0.15) is 0 Å². The van der Waals surface area contributed by atoms with E-state index < -0.39 is 0 Å². The van der Waals surface area contributed by atoms with Gasteiger partial charge in [-0.1, -0.05) is 0 Å². The van der Waals surface area contributed by atoms with Gasteiger partial charge in [0.2, 0.25) is 0 Å². The molecule has 72 valence electrons. The number of hydrogen-bond donors (Lipinski definition) is 0. The molecule has 0 aliphatic carbocycles. The van der Waals surface area contributed by atoms with E-state index in [0.717, 1.165) is 24.9 Å². The van der Waals surface area contributed by atoms with Gasteiger partial charge in [-0.25, -0.2) is 4.98 Å². The third kappa shape index (κ3) is 1.84. The molecule has 0 saturated carbocycles. The molecule has 0 aromatic carbocycles. The molecule has 2 rings (SSSR count). The van der Waals surface area contributed by atoms with E-state index >= 15 is 0 Å². The highest BCUT2D eigenvalue weighted by Gasteiger charge is 2.20. The summed E-state index contributed by atoms with van der Waals surface area (Å²) in [5.41, 5.74) is 0. The normalized spacial score (nSPS) is 23.5. The highest BCUT2D eigenvalue weighted by Crippen LogP contribution is 2.24. The van der Waals surface area contributed by atoms with Crippen molar-refractivity contribution in [3.05, 3.63) is 11.1 Å². The molecule has 0 bridgehead atoms. The first-order valence-corrected chi connectivity index (χ1v) is 5.36. The first-order valence-electron chi connectivity index (χ1n) is 4.54. The number of morpholine rings is 1. The second kappa shape index (κ2) is 3.64. The minimum absolute atomic E-state index is 0.458. The molecule has 1 atom stereocenters. The molecule has 1 aliphatic rings.